The zero-order valence-electron chi connectivity index (χ0n) is 21.0. The molecule has 0 spiro atoms. The van der Waals surface area contributed by atoms with E-state index in [1.807, 2.05) is 49.4 Å². The first-order valence-electron chi connectivity index (χ1n) is 12.2. The van der Waals surface area contributed by atoms with E-state index in [2.05, 4.69) is 37.8 Å². The molecule has 6 heteroatoms. The Balaban J connectivity index is 1.26. The lowest BCUT2D eigenvalue weighted by atomic mass is 9.86. The number of aryl methyl sites for hydroxylation is 1. The summed E-state index contributed by atoms with van der Waals surface area (Å²) in [5.41, 5.74) is 5.75. The Morgan fingerprint density at radius 1 is 0.944 bits per heavy atom. The van der Waals surface area contributed by atoms with E-state index in [9.17, 15) is 4.79 Å². The standard InChI is InChI=1S/C30H29NO5/c1-18-11-24-22(15-31(16-33-24)14-20-7-10-23-25(13-20)35-17-34-23)29-27(18)28(32)26(36-29)12-19-5-8-21(9-6-19)30(2,3)4/h5-13H,14-17H2,1-4H3/b26-12-. The first-order chi connectivity index (χ1) is 17.3. The molecule has 3 aromatic carbocycles. The van der Waals surface area contributed by atoms with E-state index in [4.69, 9.17) is 18.9 Å². The van der Waals surface area contributed by atoms with Crippen molar-refractivity contribution in [2.45, 2.75) is 46.2 Å². The lowest BCUT2D eigenvalue weighted by Crippen LogP contribution is -2.31. The van der Waals surface area contributed by atoms with Gasteiger partial charge in [0.25, 0.3) is 0 Å². The number of rotatable bonds is 3. The Kier molecular flexibility index (Phi) is 5.30. The molecule has 3 aromatic rings. The van der Waals surface area contributed by atoms with Crippen LogP contribution >= 0.6 is 0 Å². The average molecular weight is 484 g/mol. The van der Waals surface area contributed by atoms with Crippen LogP contribution in [0.3, 0.4) is 0 Å². The van der Waals surface area contributed by atoms with Gasteiger partial charge in [0.2, 0.25) is 12.6 Å². The molecule has 3 heterocycles. The number of hydrogen-bond donors (Lipinski definition) is 0. The summed E-state index contributed by atoms with van der Waals surface area (Å²) in [7, 11) is 0. The third kappa shape index (κ3) is 4.01. The first-order valence-corrected chi connectivity index (χ1v) is 12.2. The molecule has 0 bridgehead atoms. The molecule has 0 saturated carbocycles. The molecule has 0 N–H and O–H groups in total. The molecule has 0 aromatic heterocycles. The fourth-order valence-electron chi connectivity index (χ4n) is 4.91. The number of ketones is 1. The average Bonchev–Trinajstić information content (AvgIpc) is 3.44. The Morgan fingerprint density at radius 2 is 1.72 bits per heavy atom. The van der Waals surface area contributed by atoms with E-state index >= 15 is 0 Å². The zero-order valence-corrected chi connectivity index (χ0v) is 21.0. The van der Waals surface area contributed by atoms with Crippen LogP contribution in [-0.4, -0.2) is 24.2 Å². The number of hydrogen-bond acceptors (Lipinski definition) is 6. The van der Waals surface area contributed by atoms with Crippen LogP contribution < -0.4 is 18.9 Å². The van der Waals surface area contributed by atoms with Gasteiger partial charge in [-0.1, -0.05) is 51.1 Å². The van der Waals surface area contributed by atoms with E-state index in [1.54, 1.807) is 0 Å². The van der Waals surface area contributed by atoms with Crippen LogP contribution in [0.1, 0.15) is 58.9 Å². The predicted octanol–water partition coefficient (Wildman–Crippen LogP) is 5.99. The summed E-state index contributed by atoms with van der Waals surface area (Å²) < 4.78 is 23.3. The number of carbonyl (C=O) groups excluding carboxylic acids is 1. The van der Waals surface area contributed by atoms with Gasteiger partial charge in [0, 0.05) is 13.1 Å². The van der Waals surface area contributed by atoms with E-state index in [0.717, 1.165) is 39.5 Å². The molecule has 0 saturated heterocycles. The summed E-state index contributed by atoms with van der Waals surface area (Å²) >= 11 is 0. The molecule has 6 nitrogen and oxygen atoms in total. The molecular weight excluding hydrogens is 454 g/mol. The number of carbonyl (C=O) groups is 1. The second-order valence-electron chi connectivity index (χ2n) is 10.6. The smallest absolute Gasteiger partial charge is 0.232 e. The van der Waals surface area contributed by atoms with Crippen LogP contribution in [0.5, 0.6) is 23.0 Å². The third-order valence-corrected chi connectivity index (χ3v) is 6.91. The van der Waals surface area contributed by atoms with Gasteiger partial charge < -0.3 is 18.9 Å². The summed E-state index contributed by atoms with van der Waals surface area (Å²) in [4.78, 5) is 15.5. The van der Waals surface area contributed by atoms with Crippen molar-refractivity contribution in [1.29, 1.82) is 0 Å². The van der Waals surface area contributed by atoms with Gasteiger partial charge >= 0.3 is 0 Å². The minimum Gasteiger partial charge on any atom is -0.478 e. The van der Waals surface area contributed by atoms with Crippen molar-refractivity contribution in [2.24, 2.45) is 0 Å². The zero-order chi connectivity index (χ0) is 25.0. The molecule has 0 radical (unpaired) electrons. The number of ether oxygens (including phenoxy) is 4. The normalized spacial score (nSPS) is 17.6. The fraction of sp³-hybridized carbons (Fsp3) is 0.300. The molecule has 0 fully saturated rings. The highest BCUT2D eigenvalue weighted by Gasteiger charge is 2.35. The molecule has 36 heavy (non-hydrogen) atoms. The van der Waals surface area contributed by atoms with Gasteiger partial charge in [0.15, 0.2) is 17.3 Å². The van der Waals surface area contributed by atoms with Crippen molar-refractivity contribution in [3.63, 3.8) is 0 Å². The number of nitrogens with zero attached hydrogens (tertiary/aromatic N) is 1. The number of Topliss-reactive ketones (excluding diaryl/α,β-unsaturated/α-hetero) is 1. The first kappa shape index (κ1) is 22.7. The van der Waals surface area contributed by atoms with E-state index in [0.29, 0.717) is 36.9 Å². The lowest BCUT2D eigenvalue weighted by Gasteiger charge is -2.30. The van der Waals surface area contributed by atoms with Gasteiger partial charge in [0.1, 0.15) is 18.2 Å². The van der Waals surface area contributed by atoms with E-state index in [1.165, 1.54) is 5.56 Å². The van der Waals surface area contributed by atoms with Crippen LogP contribution in [0.2, 0.25) is 0 Å². The predicted molar refractivity (Wildman–Crippen MR) is 137 cm³/mol. The van der Waals surface area contributed by atoms with Crippen molar-refractivity contribution >= 4 is 11.9 Å². The Hall–Kier alpha value is -3.77. The summed E-state index contributed by atoms with van der Waals surface area (Å²) in [5, 5.41) is 0. The fourth-order valence-corrected chi connectivity index (χ4v) is 4.91. The molecule has 6 rings (SSSR count). The summed E-state index contributed by atoms with van der Waals surface area (Å²) in [5.74, 6) is 3.18. The van der Waals surface area contributed by atoms with Gasteiger partial charge in [0.05, 0.1) is 11.1 Å². The second kappa shape index (κ2) is 8.42. The second-order valence-corrected chi connectivity index (χ2v) is 10.6. The maximum Gasteiger partial charge on any atom is 0.232 e. The lowest BCUT2D eigenvalue weighted by molar-refractivity contribution is 0.0871. The maximum atomic E-state index is 13.3. The number of allylic oxidation sites excluding steroid dienone is 1. The molecule has 3 aliphatic rings. The van der Waals surface area contributed by atoms with Crippen molar-refractivity contribution in [3.8, 4) is 23.0 Å². The monoisotopic (exact) mass is 483 g/mol. The van der Waals surface area contributed by atoms with E-state index < -0.39 is 0 Å². The summed E-state index contributed by atoms with van der Waals surface area (Å²) in [6.07, 6.45) is 1.83. The molecule has 184 valence electrons. The minimum absolute atomic E-state index is 0.0736. The van der Waals surface area contributed by atoms with Crippen LogP contribution in [0.25, 0.3) is 6.08 Å². The molecule has 0 unspecified atom stereocenters. The van der Waals surface area contributed by atoms with Crippen molar-refractivity contribution in [1.82, 2.24) is 4.90 Å². The van der Waals surface area contributed by atoms with Crippen LogP contribution in [0, 0.1) is 6.92 Å². The highest BCUT2D eigenvalue weighted by atomic mass is 16.7. The van der Waals surface area contributed by atoms with Gasteiger partial charge in [-0.05, 0) is 58.9 Å². The third-order valence-electron chi connectivity index (χ3n) is 6.91. The summed E-state index contributed by atoms with van der Waals surface area (Å²) in [6, 6.07) is 16.2. The van der Waals surface area contributed by atoms with Gasteiger partial charge in [-0.15, -0.1) is 0 Å². The quantitative estimate of drug-likeness (QED) is 0.427. The molecular formula is C30H29NO5. The molecule has 0 amide bonds. The highest BCUT2D eigenvalue weighted by molar-refractivity contribution is 6.15. The number of benzene rings is 3. The summed E-state index contributed by atoms with van der Waals surface area (Å²) in [6.45, 7) is 10.5. The molecule has 3 aliphatic heterocycles. The molecule has 0 atom stereocenters. The van der Waals surface area contributed by atoms with E-state index in [-0.39, 0.29) is 18.0 Å². The van der Waals surface area contributed by atoms with Crippen molar-refractivity contribution in [3.05, 3.63) is 87.7 Å². The largest absolute Gasteiger partial charge is 0.478 e. The van der Waals surface area contributed by atoms with Gasteiger partial charge in [-0.3, -0.25) is 9.69 Å². The Bertz CT molecular complexity index is 1400. The minimum atomic E-state index is -0.0851. The SMILES string of the molecule is Cc1cc2c(c3c1C(=O)/C(=C/c1ccc(C(C)(C)C)cc1)O3)CN(Cc1ccc3c(c1)OCO3)CO2. The van der Waals surface area contributed by atoms with Gasteiger partial charge in [-0.25, -0.2) is 0 Å². The molecule has 0 aliphatic carbocycles. The van der Waals surface area contributed by atoms with Crippen molar-refractivity contribution in [2.75, 3.05) is 13.5 Å². The van der Waals surface area contributed by atoms with Crippen molar-refractivity contribution < 1.29 is 23.7 Å². The Morgan fingerprint density at radius 3 is 2.50 bits per heavy atom. The van der Waals surface area contributed by atoms with Crippen LogP contribution in [0.4, 0.5) is 0 Å². The van der Waals surface area contributed by atoms with Crippen LogP contribution in [0.15, 0.2) is 54.3 Å². The Labute approximate surface area is 211 Å². The highest BCUT2D eigenvalue weighted by Crippen LogP contribution is 2.44. The van der Waals surface area contributed by atoms with Gasteiger partial charge in [-0.2, -0.15) is 0 Å². The number of fused-ring (bicyclic) bond motifs is 4. The topological polar surface area (TPSA) is 57.2 Å². The van der Waals surface area contributed by atoms with Crippen LogP contribution in [-0.2, 0) is 18.5 Å². The maximum absolute atomic E-state index is 13.3.